The summed E-state index contributed by atoms with van der Waals surface area (Å²) in [5, 5.41) is 21.4. The standard InChI is InChI=1S/C23H34O5/c1-12-17-13(25)9-15-22(5)8-6-7-21(4,11-24)14(22)10-16-23(15,18(12)26)19(17)28-20(2,3)27-16/h13-17,19,24-25H,1,6-11H2,2-5H3/t13-,14+,15-,16+,17+,19+,21+,22+,23-/m0/s1. The van der Waals surface area contributed by atoms with Gasteiger partial charge in [-0.15, -0.1) is 0 Å². The molecule has 1 heterocycles. The van der Waals surface area contributed by atoms with Gasteiger partial charge in [-0.05, 0) is 67.8 Å². The monoisotopic (exact) mass is 390 g/mol. The Morgan fingerprint density at radius 2 is 1.82 bits per heavy atom. The van der Waals surface area contributed by atoms with E-state index in [1.165, 1.54) is 0 Å². The second-order valence-corrected chi connectivity index (χ2v) is 11.2. The van der Waals surface area contributed by atoms with Gasteiger partial charge in [-0.3, -0.25) is 4.79 Å². The second-order valence-electron chi connectivity index (χ2n) is 11.2. The van der Waals surface area contributed by atoms with Crippen LogP contribution in [0.5, 0.6) is 0 Å². The van der Waals surface area contributed by atoms with Gasteiger partial charge in [0.1, 0.15) is 0 Å². The third kappa shape index (κ3) is 2.00. The Hall–Kier alpha value is -0.750. The van der Waals surface area contributed by atoms with Crippen LogP contribution < -0.4 is 0 Å². The number of hydrogen-bond acceptors (Lipinski definition) is 5. The molecule has 4 aliphatic carbocycles. The van der Waals surface area contributed by atoms with Crippen LogP contribution in [0.2, 0.25) is 0 Å². The van der Waals surface area contributed by atoms with Gasteiger partial charge in [0, 0.05) is 12.5 Å². The van der Waals surface area contributed by atoms with Gasteiger partial charge >= 0.3 is 0 Å². The lowest BCUT2D eigenvalue weighted by Crippen LogP contribution is -2.73. The molecule has 4 saturated carbocycles. The van der Waals surface area contributed by atoms with Crippen molar-refractivity contribution < 1.29 is 24.5 Å². The van der Waals surface area contributed by atoms with E-state index in [4.69, 9.17) is 9.47 Å². The van der Waals surface area contributed by atoms with E-state index in [2.05, 4.69) is 20.4 Å². The van der Waals surface area contributed by atoms with Gasteiger partial charge in [-0.25, -0.2) is 0 Å². The maximum absolute atomic E-state index is 13.7. The number of rotatable bonds is 1. The quantitative estimate of drug-likeness (QED) is 0.674. The molecule has 28 heavy (non-hydrogen) atoms. The first kappa shape index (κ1) is 19.2. The lowest BCUT2D eigenvalue weighted by atomic mass is 9.39. The zero-order valence-corrected chi connectivity index (χ0v) is 17.5. The van der Waals surface area contributed by atoms with Crippen molar-refractivity contribution in [1.29, 1.82) is 0 Å². The van der Waals surface area contributed by atoms with Crippen LogP contribution in [0.4, 0.5) is 0 Å². The smallest absolute Gasteiger partial charge is 0.170 e. The van der Waals surface area contributed by atoms with Crippen molar-refractivity contribution in [3.63, 3.8) is 0 Å². The Morgan fingerprint density at radius 1 is 1.11 bits per heavy atom. The van der Waals surface area contributed by atoms with E-state index >= 15 is 0 Å². The Balaban J connectivity index is 1.72. The highest BCUT2D eigenvalue weighted by atomic mass is 16.7. The summed E-state index contributed by atoms with van der Waals surface area (Å²) >= 11 is 0. The normalized spacial score (nSPS) is 56.9. The molecule has 0 aromatic heterocycles. The Bertz CT molecular complexity index is 745. The molecule has 5 rings (SSSR count). The highest BCUT2D eigenvalue weighted by molar-refractivity contribution is 6.05. The number of ketones is 1. The zero-order valence-electron chi connectivity index (χ0n) is 17.5. The third-order valence-electron chi connectivity index (χ3n) is 9.43. The summed E-state index contributed by atoms with van der Waals surface area (Å²) in [5.74, 6) is -0.849. The molecule has 1 spiro atoms. The number of carbonyl (C=O) groups is 1. The van der Waals surface area contributed by atoms with Crippen molar-refractivity contribution in [3.05, 3.63) is 12.2 Å². The molecular formula is C23H34O5. The van der Waals surface area contributed by atoms with Crippen molar-refractivity contribution in [3.8, 4) is 0 Å². The summed E-state index contributed by atoms with van der Waals surface area (Å²) in [7, 11) is 0. The van der Waals surface area contributed by atoms with Crippen LogP contribution in [0.3, 0.4) is 0 Å². The van der Waals surface area contributed by atoms with Gasteiger partial charge in [0.25, 0.3) is 0 Å². The van der Waals surface area contributed by atoms with Gasteiger partial charge in [-0.1, -0.05) is 26.8 Å². The molecule has 5 nitrogen and oxygen atoms in total. The van der Waals surface area contributed by atoms with Gasteiger partial charge in [0.2, 0.25) is 0 Å². The highest BCUT2D eigenvalue weighted by Gasteiger charge is 2.78. The van der Waals surface area contributed by atoms with Crippen molar-refractivity contribution in [1.82, 2.24) is 0 Å². The van der Waals surface area contributed by atoms with Crippen molar-refractivity contribution in [2.75, 3.05) is 6.61 Å². The fraction of sp³-hybridized carbons (Fsp3) is 0.870. The molecule has 2 bridgehead atoms. The van der Waals surface area contributed by atoms with E-state index in [0.29, 0.717) is 12.0 Å². The van der Waals surface area contributed by atoms with Gasteiger partial charge < -0.3 is 19.7 Å². The van der Waals surface area contributed by atoms with Crippen molar-refractivity contribution >= 4 is 5.78 Å². The van der Waals surface area contributed by atoms with Gasteiger partial charge in [-0.2, -0.15) is 0 Å². The minimum absolute atomic E-state index is 0.0194. The molecule has 1 aliphatic heterocycles. The zero-order chi connectivity index (χ0) is 20.3. The van der Waals surface area contributed by atoms with Crippen LogP contribution in [-0.2, 0) is 14.3 Å². The Labute approximate surface area is 167 Å². The lowest BCUT2D eigenvalue weighted by molar-refractivity contribution is -0.386. The molecule has 0 aromatic carbocycles. The average molecular weight is 391 g/mol. The van der Waals surface area contributed by atoms with Crippen LogP contribution in [0.15, 0.2) is 12.2 Å². The topological polar surface area (TPSA) is 76.0 Å². The van der Waals surface area contributed by atoms with E-state index in [1.807, 2.05) is 13.8 Å². The summed E-state index contributed by atoms with van der Waals surface area (Å²) < 4.78 is 12.9. The third-order valence-corrected chi connectivity index (χ3v) is 9.43. The van der Waals surface area contributed by atoms with Crippen molar-refractivity contribution in [2.24, 2.45) is 34.0 Å². The Kier molecular flexibility index (Phi) is 3.76. The first-order valence-corrected chi connectivity index (χ1v) is 10.9. The number of fused-ring (bicyclic) bond motifs is 2. The van der Waals surface area contributed by atoms with Crippen LogP contribution >= 0.6 is 0 Å². The molecule has 0 amide bonds. The molecule has 1 saturated heterocycles. The van der Waals surface area contributed by atoms with Crippen LogP contribution in [0.25, 0.3) is 0 Å². The minimum atomic E-state index is -0.804. The predicted molar refractivity (Wildman–Crippen MR) is 103 cm³/mol. The van der Waals surface area contributed by atoms with Gasteiger partial charge in [0.15, 0.2) is 11.6 Å². The molecule has 5 aliphatic rings. The molecule has 0 radical (unpaired) electrons. The lowest BCUT2D eigenvalue weighted by Gasteiger charge is -2.69. The van der Waals surface area contributed by atoms with Crippen molar-refractivity contribution in [2.45, 2.75) is 83.9 Å². The summed E-state index contributed by atoms with van der Waals surface area (Å²) in [6.07, 6.45) is 3.15. The Morgan fingerprint density at radius 3 is 2.50 bits per heavy atom. The molecule has 9 atom stereocenters. The summed E-state index contributed by atoms with van der Waals surface area (Å²) in [6, 6.07) is 0. The van der Waals surface area contributed by atoms with Crippen LogP contribution in [0, 0.1) is 34.0 Å². The molecule has 5 fully saturated rings. The van der Waals surface area contributed by atoms with Crippen LogP contribution in [0.1, 0.15) is 59.8 Å². The fourth-order valence-electron chi connectivity index (χ4n) is 8.36. The number of ether oxygens (including phenoxy) is 2. The van der Waals surface area contributed by atoms with E-state index in [0.717, 1.165) is 25.7 Å². The number of aliphatic hydroxyl groups excluding tert-OH is 2. The summed E-state index contributed by atoms with van der Waals surface area (Å²) in [6.45, 7) is 12.5. The number of carbonyl (C=O) groups excluding carboxylic acids is 1. The first-order chi connectivity index (χ1) is 13.0. The first-order valence-electron chi connectivity index (χ1n) is 10.9. The summed E-state index contributed by atoms with van der Waals surface area (Å²) in [4.78, 5) is 13.7. The highest BCUT2D eigenvalue weighted by Crippen LogP contribution is 2.73. The van der Waals surface area contributed by atoms with E-state index in [9.17, 15) is 15.0 Å². The number of Topliss-reactive ketones (excluding diaryl/α,β-unsaturated/α-hetero) is 1. The molecule has 156 valence electrons. The van der Waals surface area contributed by atoms with E-state index < -0.39 is 17.3 Å². The van der Waals surface area contributed by atoms with Gasteiger partial charge in [0.05, 0.1) is 23.7 Å². The SMILES string of the molecule is C=C1C(=O)[C@@]23[C@@H]4OC(C)(C)O[C@@H]2C[C@@H]2[C@@](C)(CO)CCC[C@@]2(C)[C@@H]3C[C@H](O)[C@@H]14. The molecule has 2 N–H and O–H groups in total. The maximum atomic E-state index is 13.7. The fourth-order valence-corrected chi connectivity index (χ4v) is 8.36. The van der Waals surface area contributed by atoms with Crippen LogP contribution in [-0.4, -0.2) is 46.7 Å². The second kappa shape index (κ2) is 5.48. The van der Waals surface area contributed by atoms with E-state index in [1.54, 1.807) is 0 Å². The number of hydrogen-bond donors (Lipinski definition) is 2. The predicted octanol–water partition coefficient (Wildman–Crippen LogP) is 2.84. The molecule has 0 aromatic rings. The minimum Gasteiger partial charge on any atom is -0.396 e. The number of aliphatic hydroxyl groups is 2. The average Bonchev–Trinajstić information content (AvgIpc) is 2.77. The largest absolute Gasteiger partial charge is 0.396 e. The molecular weight excluding hydrogens is 356 g/mol. The molecule has 5 heteroatoms. The van der Waals surface area contributed by atoms with E-state index in [-0.39, 0.29) is 53.2 Å². The summed E-state index contributed by atoms with van der Waals surface area (Å²) in [5.41, 5.74) is -0.536. The molecule has 0 unspecified atom stereocenters. The maximum Gasteiger partial charge on any atom is 0.170 e.